The molecule has 0 aliphatic rings. The molecule has 0 unspecified atom stereocenters. The second-order valence-electron chi connectivity index (χ2n) is 4.99. The van der Waals surface area contributed by atoms with Crippen molar-refractivity contribution in [1.82, 2.24) is 9.55 Å². The number of benzene rings is 2. The standard InChI is InChI=1S/C16H13BrClFN2/c1-10-2-4-11(5-3-10)9-21-15-6-12(17)13(19)7-14(15)20-16(21)8-18/h2-7H,8-9H2,1H3. The summed E-state index contributed by atoms with van der Waals surface area (Å²) >= 11 is 9.21. The molecule has 0 aliphatic heterocycles. The third kappa shape index (κ3) is 2.83. The molecule has 2 nitrogen and oxygen atoms in total. The van der Waals surface area contributed by atoms with Crippen molar-refractivity contribution in [2.24, 2.45) is 0 Å². The van der Waals surface area contributed by atoms with Crippen molar-refractivity contribution in [2.75, 3.05) is 0 Å². The maximum absolute atomic E-state index is 13.6. The van der Waals surface area contributed by atoms with E-state index in [1.54, 1.807) is 6.07 Å². The lowest BCUT2D eigenvalue weighted by molar-refractivity contribution is 0.622. The van der Waals surface area contributed by atoms with E-state index in [0.717, 1.165) is 16.9 Å². The minimum atomic E-state index is -0.316. The van der Waals surface area contributed by atoms with Gasteiger partial charge in [-0.3, -0.25) is 0 Å². The quantitative estimate of drug-likeness (QED) is 0.593. The molecule has 0 spiro atoms. The number of aromatic nitrogens is 2. The van der Waals surface area contributed by atoms with Crippen molar-refractivity contribution in [2.45, 2.75) is 19.3 Å². The maximum atomic E-state index is 13.6. The molecular formula is C16H13BrClFN2. The van der Waals surface area contributed by atoms with Crippen LogP contribution in [0.4, 0.5) is 4.39 Å². The van der Waals surface area contributed by atoms with Gasteiger partial charge in [0.15, 0.2) is 0 Å². The first kappa shape index (κ1) is 14.5. The molecular weight excluding hydrogens is 355 g/mol. The second kappa shape index (κ2) is 5.78. The smallest absolute Gasteiger partial charge is 0.139 e. The monoisotopic (exact) mass is 366 g/mol. The molecule has 0 bridgehead atoms. The van der Waals surface area contributed by atoms with E-state index < -0.39 is 0 Å². The van der Waals surface area contributed by atoms with E-state index in [2.05, 4.69) is 52.1 Å². The van der Waals surface area contributed by atoms with Gasteiger partial charge in [-0.1, -0.05) is 29.8 Å². The lowest BCUT2D eigenvalue weighted by atomic mass is 10.1. The zero-order valence-electron chi connectivity index (χ0n) is 11.4. The van der Waals surface area contributed by atoms with E-state index >= 15 is 0 Å². The van der Waals surface area contributed by atoms with E-state index in [1.165, 1.54) is 11.6 Å². The molecule has 1 heterocycles. The summed E-state index contributed by atoms with van der Waals surface area (Å²) in [6, 6.07) is 11.5. The molecule has 2 aromatic carbocycles. The number of nitrogens with zero attached hydrogens (tertiary/aromatic N) is 2. The van der Waals surface area contributed by atoms with Crippen molar-refractivity contribution in [3.8, 4) is 0 Å². The highest BCUT2D eigenvalue weighted by Crippen LogP contribution is 2.25. The number of halogens is 3. The van der Waals surface area contributed by atoms with Gasteiger partial charge in [0.05, 0.1) is 21.4 Å². The van der Waals surface area contributed by atoms with Crippen LogP contribution in [-0.4, -0.2) is 9.55 Å². The van der Waals surface area contributed by atoms with E-state index in [4.69, 9.17) is 11.6 Å². The maximum Gasteiger partial charge on any atom is 0.139 e. The molecule has 108 valence electrons. The molecule has 0 radical (unpaired) electrons. The summed E-state index contributed by atoms with van der Waals surface area (Å²) in [5.74, 6) is 0.716. The SMILES string of the molecule is Cc1ccc(Cn2c(CCl)nc3cc(F)c(Br)cc32)cc1. The van der Waals surface area contributed by atoms with Gasteiger partial charge in [-0.15, -0.1) is 11.6 Å². The van der Waals surface area contributed by atoms with Gasteiger partial charge in [-0.2, -0.15) is 0 Å². The molecule has 0 saturated carbocycles. The molecule has 0 aliphatic carbocycles. The molecule has 0 atom stereocenters. The molecule has 0 saturated heterocycles. The van der Waals surface area contributed by atoms with Crippen molar-refractivity contribution in [3.63, 3.8) is 0 Å². The Morgan fingerprint density at radius 3 is 2.62 bits per heavy atom. The van der Waals surface area contributed by atoms with Crippen LogP contribution in [0.3, 0.4) is 0 Å². The van der Waals surface area contributed by atoms with Crippen molar-refractivity contribution >= 4 is 38.6 Å². The third-order valence-electron chi connectivity index (χ3n) is 3.45. The number of rotatable bonds is 3. The Morgan fingerprint density at radius 1 is 1.24 bits per heavy atom. The summed E-state index contributed by atoms with van der Waals surface area (Å²) in [5.41, 5.74) is 3.88. The number of fused-ring (bicyclic) bond motifs is 1. The van der Waals surface area contributed by atoms with Gasteiger partial charge in [-0.25, -0.2) is 9.37 Å². The molecule has 0 amide bonds. The predicted molar refractivity (Wildman–Crippen MR) is 87.2 cm³/mol. The minimum absolute atomic E-state index is 0.291. The van der Waals surface area contributed by atoms with Crippen LogP contribution in [0, 0.1) is 12.7 Å². The summed E-state index contributed by atoms with van der Waals surface area (Å²) in [6.45, 7) is 2.72. The first-order valence-electron chi connectivity index (χ1n) is 6.54. The number of aryl methyl sites for hydroxylation is 1. The molecule has 3 aromatic rings. The molecule has 0 fully saturated rings. The molecule has 3 rings (SSSR count). The van der Waals surface area contributed by atoms with Gasteiger partial charge in [0.2, 0.25) is 0 Å². The fourth-order valence-corrected chi connectivity index (χ4v) is 2.86. The van der Waals surface area contributed by atoms with Gasteiger partial charge >= 0.3 is 0 Å². The van der Waals surface area contributed by atoms with Crippen LogP contribution >= 0.6 is 27.5 Å². The number of imidazole rings is 1. The Balaban J connectivity index is 2.11. The summed E-state index contributed by atoms with van der Waals surface area (Å²) in [5, 5.41) is 0. The first-order valence-corrected chi connectivity index (χ1v) is 7.87. The van der Waals surface area contributed by atoms with Crippen LogP contribution in [0.5, 0.6) is 0 Å². The molecule has 5 heteroatoms. The Hall–Kier alpha value is -1.39. The summed E-state index contributed by atoms with van der Waals surface area (Å²) < 4.78 is 16.1. The largest absolute Gasteiger partial charge is 0.322 e. The average Bonchev–Trinajstić information content (AvgIpc) is 2.79. The van der Waals surface area contributed by atoms with E-state index in [1.807, 2.05) is 4.57 Å². The minimum Gasteiger partial charge on any atom is -0.322 e. The van der Waals surface area contributed by atoms with Gasteiger partial charge in [0, 0.05) is 12.6 Å². The van der Waals surface area contributed by atoms with E-state index in [9.17, 15) is 4.39 Å². The fraction of sp³-hybridized carbons (Fsp3) is 0.188. The lowest BCUT2D eigenvalue weighted by Crippen LogP contribution is -2.03. The van der Waals surface area contributed by atoms with Crippen LogP contribution in [0.25, 0.3) is 11.0 Å². The highest BCUT2D eigenvalue weighted by molar-refractivity contribution is 9.10. The summed E-state index contributed by atoms with van der Waals surface area (Å²) in [7, 11) is 0. The molecule has 0 N–H and O–H groups in total. The number of hydrogen-bond donors (Lipinski definition) is 0. The Bertz CT molecular complexity index is 796. The van der Waals surface area contributed by atoms with Crippen LogP contribution in [0.15, 0.2) is 40.9 Å². The van der Waals surface area contributed by atoms with Crippen molar-refractivity contribution in [3.05, 3.63) is 63.6 Å². The second-order valence-corrected chi connectivity index (χ2v) is 6.11. The molecule has 1 aromatic heterocycles. The zero-order chi connectivity index (χ0) is 15.0. The Labute approximate surface area is 135 Å². The van der Waals surface area contributed by atoms with Crippen molar-refractivity contribution in [1.29, 1.82) is 0 Å². The Morgan fingerprint density at radius 2 is 1.95 bits per heavy atom. The van der Waals surface area contributed by atoms with Gasteiger partial charge in [0.25, 0.3) is 0 Å². The van der Waals surface area contributed by atoms with Crippen LogP contribution < -0.4 is 0 Å². The Kier molecular flexibility index (Phi) is 4.00. The van der Waals surface area contributed by atoms with Crippen molar-refractivity contribution < 1.29 is 4.39 Å². The topological polar surface area (TPSA) is 17.8 Å². The van der Waals surface area contributed by atoms with E-state index in [-0.39, 0.29) is 5.82 Å². The van der Waals surface area contributed by atoms with E-state index in [0.29, 0.717) is 22.4 Å². The molecule has 21 heavy (non-hydrogen) atoms. The first-order chi connectivity index (χ1) is 10.1. The predicted octanol–water partition coefficient (Wildman–Crippen LogP) is 5.03. The average molecular weight is 368 g/mol. The highest BCUT2D eigenvalue weighted by Gasteiger charge is 2.13. The van der Waals surface area contributed by atoms with Gasteiger partial charge in [-0.05, 0) is 34.5 Å². The van der Waals surface area contributed by atoms with Crippen LogP contribution in [0.1, 0.15) is 17.0 Å². The fourth-order valence-electron chi connectivity index (χ4n) is 2.32. The summed E-state index contributed by atoms with van der Waals surface area (Å²) in [6.07, 6.45) is 0. The summed E-state index contributed by atoms with van der Waals surface area (Å²) in [4.78, 5) is 4.42. The van der Waals surface area contributed by atoms with Crippen LogP contribution in [-0.2, 0) is 12.4 Å². The highest BCUT2D eigenvalue weighted by atomic mass is 79.9. The van der Waals surface area contributed by atoms with Gasteiger partial charge in [0.1, 0.15) is 11.6 Å². The lowest BCUT2D eigenvalue weighted by Gasteiger charge is -2.08. The van der Waals surface area contributed by atoms with Crippen LogP contribution in [0.2, 0.25) is 0 Å². The normalized spacial score (nSPS) is 11.2. The number of alkyl halides is 1. The zero-order valence-corrected chi connectivity index (χ0v) is 13.7. The third-order valence-corrected chi connectivity index (χ3v) is 4.30. The van der Waals surface area contributed by atoms with Gasteiger partial charge < -0.3 is 4.57 Å². The number of hydrogen-bond acceptors (Lipinski definition) is 1.